The molecule has 1 aromatic heterocycles. The van der Waals surface area contributed by atoms with Crippen molar-refractivity contribution < 1.29 is 10.1 Å². The molecule has 0 bridgehead atoms. The molecule has 6 nitrogen and oxygen atoms in total. The number of hydrogen-bond acceptors (Lipinski definition) is 4. The molecule has 0 saturated heterocycles. The summed E-state index contributed by atoms with van der Waals surface area (Å²) in [6.07, 6.45) is 0. The molecule has 0 spiro atoms. The monoisotopic (exact) mass is 222 g/mol. The van der Waals surface area contributed by atoms with E-state index in [1.807, 2.05) is 0 Å². The Morgan fingerprint density at radius 2 is 1.88 bits per heavy atom. The summed E-state index contributed by atoms with van der Waals surface area (Å²) in [6, 6.07) is 4.40. The van der Waals surface area contributed by atoms with Crippen molar-refractivity contribution in [3.8, 4) is 5.75 Å². The van der Waals surface area contributed by atoms with Crippen LogP contribution in [0.15, 0.2) is 27.8 Å². The molecule has 0 aliphatic rings. The second kappa shape index (κ2) is 3.49. The summed E-state index contributed by atoms with van der Waals surface area (Å²) in [5.74, 6) is 0.156. The molecule has 0 radical (unpaired) electrons. The lowest BCUT2D eigenvalue weighted by molar-refractivity contribution is -0.137. The number of fused-ring (bicyclic) bond motifs is 1. The van der Waals surface area contributed by atoms with Gasteiger partial charge in [-0.05, 0) is 18.2 Å². The second-order valence-corrected chi connectivity index (χ2v) is 3.48. The van der Waals surface area contributed by atoms with Crippen LogP contribution in [0.2, 0.25) is 0 Å². The second-order valence-electron chi connectivity index (χ2n) is 3.48. The van der Waals surface area contributed by atoms with E-state index in [2.05, 4.69) is 4.89 Å². The largest absolute Gasteiger partial charge is 0.340 e. The fraction of sp³-hybridized carbons (Fsp3) is 0.200. The Labute approximate surface area is 89.9 Å². The molecule has 6 heteroatoms. The van der Waals surface area contributed by atoms with Gasteiger partial charge < -0.3 is 4.89 Å². The molecule has 2 rings (SSSR count). The molecule has 0 saturated carbocycles. The maximum Gasteiger partial charge on any atom is 0.330 e. The van der Waals surface area contributed by atoms with Gasteiger partial charge in [0.2, 0.25) is 0 Å². The Morgan fingerprint density at radius 1 is 1.19 bits per heavy atom. The lowest BCUT2D eigenvalue weighted by Crippen LogP contribution is -2.36. The summed E-state index contributed by atoms with van der Waals surface area (Å²) >= 11 is 0. The maximum absolute atomic E-state index is 11.8. The van der Waals surface area contributed by atoms with Crippen molar-refractivity contribution in [2.75, 3.05) is 0 Å². The van der Waals surface area contributed by atoms with Crippen molar-refractivity contribution in [2.24, 2.45) is 14.1 Å². The van der Waals surface area contributed by atoms with Gasteiger partial charge in [-0.25, -0.2) is 10.1 Å². The van der Waals surface area contributed by atoms with E-state index in [1.54, 1.807) is 13.1 Å². The highest BCUT2D eigenvalue weighted by Crippen LogP contribution is 2.15. The Morgan fingerprint density at radius 3 is 2.50 bits per heavy atom. The van der Waals surface area contributed by atoms with E-state index in [9.17, 15) is 9.59 Å². The van der Waals surface area contributed by atoms with Gasteiger partial charge in [-0.2, -0.15) is 0 Å². The lowest BCUT2D eigenvalue weighted by atomic mass is 10.2. The molecule has 0 unspecified atom stereocenters. The molecule has 1 N–H and O–H groups in total. The molecule has 0 aliphatic heterocycles. The van der Waals surface area contributed by atoms with Crippen LogP contribution < -0.4 is 16.1 Å². The van der Waals surface area contributed by atoms with Gasteiger partial charge in [0, 0.05) is 14.1 Å². The zero-order chi connectivity index (χ0) is 11.9. The molecular formula is C10H10N2O4. The van der Waals surface area contributed by atoms with E-state index in [0.717, 1.165) is 4.57 Å². The van der Waals surface area contributed by atoms with Gasteiger partial charge in [0.05, 0.1) is 10.9 Å². The zero-order valence-electron chi connectivity index (χ0n) is 8.80. The van der Waals surface area contributed by atoms with Crippen LogP contribution in [-0.2, 0) is 14.1 Å². The average molecular weight is 222 g/mol. The smallest absolute Gasteiger partial charge is 0.330 e. The van der Waals surface area contributed by atoms with E-state index in [1.165, 1.54) is 23.7 Å². The average Bonchev–Trinajstić information content (AvgIpc) is 2.33. The molecule has 0 atom stereocenters. The quantitative estimate of drug-likeness (QED) is 0.548. The zero-order valence-corrected chi connectivity index (χ0v) is 8.80. The van der Waals surface area contributed by atoms with Crippen LogP contribution >= 0.6 is 0 Å². The summed E-state index contributed by atoms with van der Waals surface area (Å²) < 4.78 is 2.36. The van der Waals surface area contributed by atoms with Gasteiger partial charge >= 0.3 is 5.69 Å². The minimum absolute atomic E-state index is 0.156. The molecular weight excluding hydrogens is 212 g/mol. The van der Waals surface area contributed by atoms with E-state index in [-0.39, 0.29) is 5.75 Å². The minimum Gasteiger partial charge on any atom is -0.340 e. The van der Waals surface area contributed by atoms with Crippen LogP contribution in [0.4, 0.5) is 0 Å². The third-order valence-corrected chi connectivity index (χ3v) is 2.54. The van der Waals surface area contributed by atoms with Crippen molar-refractivity contribution in [3.05, 3.63) is 39.0 Å². The molecule has 0 fully saturated rings. The Kier molecular flexibility index (Phi) is 2.28. The van der Waals surface area contributed by atoms with Gasteiger partial charge in [0.25, 0.3) is 5.56 Å². The summed E-state index contributed by atoms with van der Waals surface area (Å²) in [7, 11) is 2.97. The SMILES string of the molecule is Cn1c(=O)c2cc(OO)ccc2n(C)c1=O. The summed E-state index contributed by atoms with van der Waals surface area (Å²) in [6.45, 7) is 0. The first-order valence-electron chi connectivity index (χ1n) is 4.57. The third-order valence-electron chi connectivity index (χ3n) is 2.54. The Hall–Kier alpha value is -2.08. The fourth-order valence-electron chi connectivity index (χ4n) is 1.63. The highest BCUT2D eigenvalue weighted by Gasteiger charge is 2.08. The van der Waals surface area contributed by atoms with Gasteiger partial charge in [-0.1, -0.05) is 0 Å². The molecule has 84 valence electrons. The Bertz CT molecular complexity index is 669. The lowest BCUT2D eigenvalue weighted by Gasteiger charge is -2.07. The normalized spacial score (nSPS) is 10.7. The predicted molar refractivity (Wildman–Crippen MR) is 57.7 cm³/mol. The molecule has 0 amide bonds. The van der Waals surface area contributed by atoms with E-state index < -0.39 is 11.2 Å². The van der Waals surface area contributed by atoms with Crippen molar-refractivity contribution in [1.82, 2.24) is 9.13 Å². The third kappa shape index (κ3) is 1.31. The van der Waals surface area contributed by atoms with Gasteiger partial charge in [0.15, 0.2) is 5.75 Å². The summed E-state index contributed by atoms with van der Waals surface area (Å²) in [5.41, 5.74) is -0.318. The van der Waals surface area contributed by atoms with E-state index in [4.69, 9.17) is 5.26 Å². The maximum atomic E-state index is 11.8. The van der Waals surface area contributed by atoms with Crippen molar-refractivity contribution in [1.29, 1.82) is 0 Å². The van der Waals surface area contributed by atoms with Crippen LogP contribution in [0, 0.1) is 0 Å². The number of benzene rings is 1. The van der Waals surface area contributed by atoms with Crippen molar-refractivity contribution in [3.63, 3.8) is 0 Å². The minimum atomic E-state index is -0.419. The number of nitrogens with zero attached hydrogens (tertiary/aromatic N) is 2. The van der Waals surface area contributed by atoms with Gasteiger partial charge in [-0.3, -0.25) is 13.9 Å². The molecule has 0 aliphatic carbocycles. The summed E-state index contributed by atoms with van der Waals surface area (Å²) in [4.78, 5) is 27.4. The molecule has 2 aromatic rings. The standard InChI is InChI=1S/C10H10N2O4/c1-11-8-4-3-6(16-15)5-7(8)9(13)12(2)10(11)14/h3-5,15H,1-2H3. The first-order valence-corrected chi connectivity index (χ1v) is 4.57. The Balaban J connectivity index is 3.03. The number of rotatable bonds is 1. The molecule has 1 aromatic carbocycles. The van der Waals surface area contributed by atoms with Crippen LogP contribution in [0.3, 0.4) is 0 Å². The van der Waals surface area contributed by atoms with Crippen LogP contribution in [0.1, 0.15) is 0 Å². The highest BCUT2D eigenvalue weighted by atomic mass is 17.1. The van der Waals surface area contributed by atoms with Crippen LogP contribution in [-0.4, -0.2) is 14.4 Å². The van der Waals surface area contributed by atoms with E-state index >= 15 is 0 Å². The van der Waals surface area contributed by atoms with Crippen molar-refractivity contribution in [2.45, 2.75) is 0 Å². The number of hydrogen-bond donors (Lipinski definition) is 1. The first kappa shape index (κ1) is 10.4. The van der Waals surface area contributed by atoms with E-state index in [0.29, 0.717) is 10.9 Å². The first-order chi connectivity index (χ1) is 7.56. The fourth-order valence-corrected chi connectivity index (χ4v) is 1.63. The summed E-state index contributed by atoms with van der Waals surface area (Å²) in [5, 5.41) is 8.82. The highest BCUT2D eigenvalue weighted by molar-refractivity contribution is 5.79. The van der Waals surface area contributed by atoms with Crippen LogP contribution in [0.5, 0.6) is 5.75 Å². The predicted octanol–water partition coefficient (Wildman–Crippen LogP) is 0.0890. The number of aromatic nitrogens is 2. The molecule has 16 heavy (non-hydrogen) atoms. The van der Waals surface area contributed by atoms with Crippen molar-refractivity contribution >= 4 is 10.9 Å². The molecule has 1 heterocycles. The van der Waals surface area contributed by atoms with Gasteiger partial charge in [-0.15, -0.1) is 0 Å². The van der Waals surface area contributed by atoms with Gasteiger partial charge in [0.1, 0.15) is 0 Å². The number of aryl methyl sites for hydroxylation is 1. The van der Waals surface area contributed by atoms with Crippen LogP contribution in [0.25, 0.3) is 10.9 Å². The topological polar surface area (TPSA) is 73.5 Å².